The highest BCUT2D eigenvalue weighted by Gasteiger charge is 2.31. The summed E-state index contributed by atoms with van der Waals surface area (Å²) in [6, 6.07) is 16.7. The van der Waals surface area contributed by atoms with Crippen LogP contribution in [0.3, 0.4) is 0 Å². The van der Waals surface area contributed by atoms with E-state index in [4.69, 9.17) is 0 Å². The minimum absolute atomic E-state index is 0.0865. The van der Waals surface area contributed by atoms with Crippen molar-refractivity contribution in [3.05, 3.63) is 77.6 Å². The number of fused-ring (bicyclic) bond motifs is 2. The quantitative estimate of drug-likeness (QED) is 0.505. The second kappa shape index (κ2) is 6.92. The molecule has 31 heavy (non-hydrogen) atoms. The van der Waals surface area contributed by atoms with Gasteiger partial charge in [-0.15, -0.1) is 0 Å². The number of hydrogen-bond acceptors (Lipinski definition) is 4. The second-order valence-electron chi connectivity index (χ2n) is 8.74. The number of aromatic nitrogens is 3. The van der Waals surface area contributed by atoms with Gasteiger partial charge in [0.15, 0.2) is 0 Å². The van der Waals surface area contributed by atoms with Crippen LogP contribution in [0.1, 0.15) is 37.1 Å². The van der Waals surface area contributed by atoms with Gasteiger partial charge in [0.1, 0.15) is 5.82 Å². The molecule has 0 amide bonds. The van der Waals surface area contributed by atoms with E-state index in [1.807, 2.05) is 49.4 Å². The Bertz CT molecular complexity index is 1420. The molecule has 2 heterocycles. The lowest BCUT2D eigenvalue weighted by Crippen LogP contribution is -2.17. The van der Waals surface area contributed by atoms with Crippen LogP contribution >= 0.6 is 0 Å². The van der Waals surface area contributed by atoms with Crippen molar-refractivity contribution in [2.24, 2.45) is 0 Å². The van der Waals surface area contributed by atoms with E-state index in [9.17, 15) is 8.42 Å². The highest BCUT2D eigenvalue weighted by molar-refractivity contribution is 7.92. The third kappa shape index (κ3) is 3.39. The van der Waals surface area contributed by atoms with E-state index in [0.29, 0.717) is 11.5 Å². The third-order valence-corrected chi connectivity index (χ3v) is 7.41. The molecular formula is C24H24N4O2S. The van der Waals surface area contributed by atoms with E-state index >= 15 is 0 Å². The zero-order valence-electron chi connectivity index (χ0n) is 17.8. The third-order valence-electron chi connectivity index (χ3n) is 6.06. The monoisotopic (exact) mass is 432 g/mol. The molecule has 0 saturated heterocycles. The summed E-state index contributed by atoms with van der Waals surface area (Å²) in [4.78, 5) is 4.66. The Balaban J connectivity index is 1.56. The SMILES string of the molecule is Cc1cc(NS(=O)(=O)c2ccc3c(c2)CCC3(C)C)n(-c2cccc3ncccc23)n1. The van der Waals surface area contributed by atoms with Gasteiger partial charge in [-0.1, -0.05) is 26.0 Å². The van der Waals surface area contributed by atoms with Gasteiger partial charge in [-0.2, -0.15) is 5.10 Å². The molecular weight excluding hydrogens is 408 g/mol. The van der Waals surface area contributed by atoms with E-state index in [2.05, 4.69) is 28.7 Å². The number of nitrogens with one attached hydrogen (secondary N) is 1. The van der Waals surface area contributed by atoms with Gasteiger partial charge < -0.3 is 0 Å². The van der Waals surface area contributed by atoms with Crippen molar-refractivity contribution in [1.29, 1.82) is 0 Å². The highest BCUT2D eigenvalue weighted by atomic mass is 32.2. The molecule has 0 spiro atoms. The highest BCUT2D eigenvalue weighted by Crippen LogP contribution is 2.39. The summed E-state index contributed by atoms with van der Waals surface area (Å²) in [5, 5.41) is 5.44. The number of sulfonamides is 1. The average Bonchev–Trinajstić information content (AvgIpc) is 3.25. The standard InChI is InChI=1S/C24H24N4O2S/c1-16-14-23(28(26-16)22-8-4-7-21-19(22)6-5-13-25-21)27-31(29,30)18-9-10-20-17(15-18)11-12-24(20,2)3/h4-10,13-15,27H,11-12H2,1-3H3. The molecule has 5 rings (SSSR count). The van der Waals surface area contributed by atoms with E-state index in [1.54, 1.807) is 23.0 Å². The molecule has 2 aromatic carbocycles. The molecule has 0 fully saturated rings. The van der Waals surface area contributed by atoms with E-state index in [0.717, 1.165) is 35.0 Å². The Morgan fingerprint density at radius 2 is 1.90 bits per heavy atom. The summed E-state index contributed by atoms with van der Waals surface area (Å²) >= 11 is 0. The molecule has 1 aliphatic carbocycles. The summed E-state index contributed by atoms with van der Waals surface area (Å²) in [6.45, 7) is 6.24. The van der Waals surface area contributed by atoms with Crippen LogP contribution in [0.25, 0.3) is 16.6 Å². The zero-order chi connectivity index (χ0) is 21.8. The summed E-state index contributed by atoms with van der Waals surface area (Å²) in [7, 11) is -3.77. The molecule has 0 aliphatic heterocycles. The van der Waals surface area contributed by atoms with E-state index < -0.39 is 10.0 Å². The number of hydrogen-bond donors (Lipinski definition) is 1. The topological polar surface area (TPSA) is 76.9 Å². The second-order valence-corrected chi connectivity index (χ2v) is 10.4. The predicted molar refractivity (Wildman–Crippen MR) is 122 cm³/mol. The largest absolute Gasteiger partial charge is 0.263 e. The zero-order valence-corrected chi connectivity index (χ0v) is 18.6. The number of anilines is 1. The molecule has 0 saturated carbocycles. The maximum atomic E-state index is 13.3. The number of nitrogens with zero attached hydrogens (tertiary/aromatic N) is 3. The molecule has 0 radical (unpaired) electrons. The molecule has 0 atom stereocenters. The van der Waals surface area contributed by atoms with Gasteiger partial charge >= 0.3 is 0 Å². The minimum atomic E-state index is -3.77. The van der Waals surface area contributed by atoms with Crippen molar-refractivity contribution in [3.8, 4) is 5.69 Å². The number of pyridine rings is 1. The fourth-order valence-electron chi connectivity index (χ4n) is 4.41. The summed E-state index contributed by atoms with van der Waals surface area (Å²) in [5.41, 5.74) is 4.74. The van der Waals surface area contributed by atoms with Crippen LogP contribution in [0.15, 0.2) is 65.7 Å². The fraction of sp³-hybridized carbons (Fsp3) is 0.250. The maximum absolute atomic E-state index is 13.3. The van der Waals surface area contributed by atoms with Crippen molar-refractivity contribution in [2.75, 3.05) is 4.72 Å². The Morgan fingerprint density at radius 3 is 2.74 bits per heavy atom. The van der Waals surface area contributed by atoms with Crippen molar-refractivity contribution in [1.82, 2.24) is 14.8 Å². The van der Waals surface area contributed by atoms with E-state index in [1.165, 1.54) is 5.56 Å². The first-order valence-corrected chi connectivity index (χ1v) is 11.8. The van der Waals surface area contributed by atoms with Crippen LogP contribution in [0.2, 0.25) is 0 Å². The summed E-state index contributed by atoms with van der Waals surface area (Å²) in [5.74, 6) is 0.398. The Hall–Kier alpha value is -3.19. The lowest BCUT2D eigenvalue weighted by molar-refractivity contribution is 0.522. The molecule has 158 valence electrons. The Morgan fingerprint density at radius 1 is 1.06 bits per heavy atom. The Labute approximate surface area is 182 Å². The maximum Gasteiger partial charge on any atom is 0.263 e. The molecule has 0 bridgehead atoms. The van der Waals surface area contributed by atoms with Crippen molar-refractivity contribution in [3.63, 3.8) is 0 Å². The Kier molecular flexibility index (Phi) is 4.41. The van der Waals surface area contributed by atoms with Gasteiger partial charge in [-0.05, 0) is 72.7 Å². The van der Waals surface area contributed by atoms with Gasteiger partial charge in [0.2, 0.25) is 0 Å². The van der Waals surface area contributed by atoms with Gasteiger partial charge in [-0.3, -0.25) is 9.71 Å². The molecule has 4 aromatic rings. The van der Waals surface area contributed by atoms with Gasteiger partial charge in [0.05, 0.1) is 21.8 Å². The summed E-state index contributed by atoms with van der Waals surface area (Å²) in [6.07, 6.45) is 3.66. The minimum Gasteiger partial charge on any atom is -0.263 e. The molecule has 2 aromatic heterocycles. The van der Waals surface area contributed by atoms with Crippen LogP contribution in [0, 0.1) is 6.92 Å². The van der Waals surface area contributed by atoms with Gasteiger partial charge in [-0.25, -0.2) is 13.1 Å². The van der Waals surface area contributed by atoms with Crippen molar-refractivity contribution in [2.45, 2.75) is 43.9 Å². The van der Waals surface area contributed by atoms with Gasteiger partial charge in [0.25, 0.3) is 10.0 Å². The first-order valence-electron chi connectivity index (χ1n) is 10.3. The lowest BCUT2D eigenvalue weighted by atomic mass is 9.87. The van der Waals surface area contributed by atoms with Crippen LogP contribution in [-0.4, -0.2) is 23.2 Å². The molecule has 7 heteroatoms. The van der Waals surface area contributed by atoms with Crippen LogP contribution in [-0.2, 0) is 21.9 Å². The normalized spacial score (nSPS) is 15.2. The fourth-order valence-corrected chi connectivity index (χ4v) is 5.49. The molecule has 0 unspecified atom stereocenters. The van der Waals surface area contributed by atoms with E-state index in [-0.39, 0.29) is 10.3 Å². The molecule has 6 nitrogen and oxygen atoms in total. The first kappa shape index (κ1) is 19.8. The van der Waals surface area contributed by atoms with Crippen LogP contribution in [0.4, 0.5) is 5.82 Å². The number of rotatable bonds is 4. The lowest BCUT2D eigenvalue weighted by Gasteiger charge is -2.19. The first-order chi connectivity index (χ1) is 14.7. The number of aryl methyl sites for hydroxylation is 2. The predicted octanol–water partition coefficient (Wildman–Crippen LogP) is 4.75. The molecule has 1 aliphatic rings. The number of benzene rings is 2. The van der Waals surface area contributed by atoms with Crippen molar-refractivity contribution < 1.29 is 8.42 Å². The van der Waals surface area contributed by atoms with Gasteiger partial charge in [0, 0.05) is 17.6 Å². The van der Waals surface area contributed by atoms with Crippen LogP contribution in [0.5, 0.6) is 0 Å². The summed E-state index contributed by atoms with van der Waals surface area (Å²) < 4.78 is 30.9. The smallest absolute Gasteiger partial charge is 0.263 e. The molecule has 1 N–H and O–H groups in total. The van der Waals surface area contributed by atoms with Crippen molar-refractivity contribution >= 4 is 26.7 Å². The average molecular weight is 433 g/mol. The van der Waals surface area contributed by atoms with Crippen LogP contribution < -0.4 is 4.72 Å².